The number of nitrogens with zero attached hydrogens (tertiary/aromatic N) is 1. The van der Waals surface area contributed by atoms with Crippen molar-refractivity contribution in [3.63, 3.8) is 0 Å². The summed E-state index contributed by atoms with van der Waals surface area (Å²) >= 11 is 0. The molecule has 0 atom stereocenters. The number of methoxy groups -OCH3 is 2. The lowest BCUT2D eigenvalue weighted by Crippen LogP contribution is -2.38. The fraction of sp³-hybridized carbons (Fsp3) is 0.125. The summed E-state index contributed by atoms with van der Waals surface area (Å²) in [5.41, 5.74) is 0.519. The maximum Gasteiger partial charge on any atom is 0.262 e. The van der Waals surface area contributed by atoms with Crippen LogP contribution in [0.3, 0.4) is 0 Å². The summed E-state index contributed by atoms with van der Waals surface area (Å²) < 4.78 is 26.8. The molecule has 5 nitrogen and oxygen atoms in total. The molecule has 0 amide bonds. The van der Waals surface area contributed by atoms with Crippen LogP contribution in [0.5, 0.6) is 11.5 Å². The standard InChI is InChI=1S/C24H22NO4P/c1-25-22-7-5-4-6-17(22)16-23(24(25)26)30(27,20-12-8-18(28-2)9-13-20)21-14-10-19(29-3)11-15-21/h4-16H,1-3H3. The minimum atomic E-state index is -3.45. The van der Waals surface area contributed by atoms with Crippen molar-refractivity contribution in [2.24, 2.45) is 7.05 Å². The van der Waals surface area contributed by atoms with Crippen LogP contribution < -0.4 is 30.9 Å². The van der Waals surface area contributed by atoms with Crippen LogP contribution in [0.1, 0.15) is 0 Å². The van der Waals surface area contributed by atoms with Gasteiger partial charge in [0.05, 0.1) is 25.0 Å². The number of ether oxygens (including phenoxy) is 2. The van der Waals surface area contributed by atoms with Crippen LogP contribution in [0.15, 0.2) is 83.7 Å². The van der Waals surface area contributed by atoms with E-state index >= 15 is 0 Å². The monoisotopic (exact) mass is 419 g/mol. The van der Waals surface area contributed by atoms with Gasteiger partial charge in [0.25, 0.3) is 5.56 Å². The summed E-state index contributed by atoms with van der Waals surface area (Å²) in [5, 5.41) is 2.28. The average molecular weight is 419 g/mol. The molecule has 152 valence electrons. The van der Waals surface area contributed by atoms with E-state index in [1.807, 2.05) is 24.3 Å². The highest BCUT2D eigenvalue weighted by Crippen LogP contribution is 2.42. The normalized spacial score (nSPS) is 11.4. The fourth-order valence-corrected chi connectivity index (χ4v) is 6.38. The molecule has 0 saturated carbocycles. The lowest BCUT2D eigenvalue weighted by Gasteiger charge is -2.21. The maximum atomic E-state index is 14.7. The molecule has 4 aromatic rings. The zero-order valence-electron chi connectivity index (χ0n) is 17.0. The van der Waals surface area contributed by atoms with E-state index in [9.17, 15) is 9.36 Å². The number of rotatable bonds is 5. The quantitative estimate of drug-likeness (QED) is 0.466. The van der Waals surface area contributed by atoms with Gasteiger partial charge in [0, 0.05) is 17.7 Å². The first kappa shape index (κ1) is 20.0. The highest BCUT2D eigenvalue weighted by atomic mass is 31.2. The van der Waals surface area contributed by atoms with E-state index in [1.165, 1.54) is 0 Å². The summed E-state index contributed by atoms with van der Waals surface area (Å²) in [6, 6.07) is 23.4. The molecule has 0 aliphatic rings. The number of pyridine rings is 1. The van der Waals surface area contributed by atoms with Crippen LogP contribution in [-0.4, -0.2) is 18.8 Å². The van der Waals surface area contributed by atoms with Gasteiger partial charge in [-0.25, -0.2) is 0 Å². The van der Waals surface area contributed by atoms with Crippen molar-refractivity contribution < 1.29 is 14.0 Å². The van der Waals surface area contributed by atoms with E-state index < -0.39 is 7.14 Å². The van der Waals surface area contributed by atoms with E-state index in [-0.39, 0.29) is 10.9 Å². The molecule has 0 aliphatic heterocycles. The van der Waals surface area contributed by atoms with Gasteiger partial charge in [-0.15, -0.1) is 0 Å². The second-order valence-electron chi connectivity index (χ2n) is 6.96. The van der Waals surface area contributed by atoms with Crippen molar-refractivity contribution in [3.8, 4) is 11.5 Å². The first-order valence-electron chi connectivity index (χ1n) is 9.47. The third kappa shape index (κ3) is 3.21. The van der Waals surface area contributed by atoms with E-state index in [1.54, 1.807) is 80.4 Å². The first-order valence-corrected chi connectivity index (χ1v) is 11.2. The number of fused-ring (bicyclic) bond motifs is 1. The molecule has 0 N–H and O–H groups in total. The zero-order valence-corrected chi connectivity index (χ0v) is 17.9. The summed E-state index contributed by atoms with van der Waals surface area (Å²) in [4.78, 5) is 13.4. The van der Waals surface area contributed by atoms with Crippen LogP contribution in [0.2, 0.25) is 0 Å². The van der Waals surface area contributed by atoms with Crippen LogP contribution in [0.25, 0.3) is 10.9 Å². The van der Waals surface area contributed by atoms with E-state index in [0.29, 0.717) is 22.1 Å². The molecule has 3 aromatic carbocycles. The molecule has 4 rings (SSSR count). The highest BCUT2D eigenvalue weighted by Gasteiger charge is 2.33. The van der Waals surface area contributed by atoms with Crippen molar-refractivity contribution >= 4 is 34.0 Å². The Morgan fingerprint density at radius 1 is 0.767 bits per heavy atom. The molecule has 0 fully saturated rings. The lowest BCUT2D eigenvalue weighted by atomic mass is 10.2. The van der Waals surface area contributed by atoms with Gasteiger partial charge in [0.15, 0.2) is 7.14 Å². The lowest BCUT2D eigenvalue weighted by molar-refractivity contribution is 0.415. The molecule has 6 heteroatoms. The zero-order chi connectivity index (χ0) is 21.3. The molecule has 1 heterocycles. The van der Waals surface area contributed by atoms with Gasteiger partial charge in [-0.1, -0.05) is 18.2 Å². The number of aromatic nitrogens is 1. The molecule has 0 bridgehead atoms. The van der Waals surface area contributed by atoms with Gasteiger partial charge in [-0.05, 0) is 66.0 Å². The second kappa shape index (κ2) is 7.85. The van der Waals surface area contributed by atoms with E-state index in [4.69, 9.17) is 9.47 Å². The Bertz CT molecular complexity index is 1260. The molecular weight excluding hydrogens is 397 g/mol. The minimum Gasteiger partial charge on any atom is -0.497 e. The van der Waals surface area contributed by atoms with Gasteiger partial charge in [0.1, 0.15) is 11.5 Å². The smallest absolute Gasteiger partial charge is 0.262 e. The van der Waals surface area contributed by atoms with Crippen molar-refractivity contribution in [1.29, 1.82) is 0 Å². The fourth-order valence-electron chi connectivity index (χ4n) is 3.64. The third-order valence-electron chi connectivity index (χ3n) is 5.33. The number of hydrogen-bond donors (Lipinski definition) is 0. The maximum absolute atomic E-state index is 14.7. The average Bonchev–Trinajstić information content (AvgIpc) is 2.81. The molecule has 0 spiro atoms. The molecule has 30 heavy (non-hydrogen) atoms. The Kier molecular flexibility index (Phi) is 5.23. The first-order chi connectivity index (χ1) is 14.5. The van der Waals surface area contributed by atoms with Crippen LogP contribution >= 0.6 is 7.14 Å². The molecular formula is C24H22NO4P. The Hall–Kier alpha value is -3.30. The van der Waals surface area contributed by atoms with Gasteiger partial charge < -0.3 is 18.6 Å². The summed E-state index contributed by atoms with van der Waals surface area (Å²) in [7, 11) is 1.42. The van der Waals surface area contributed by atoms with E-state index in [0.717, 1.165) is 10.9 Å². The molecule has 1 aromatic heterocycles. The Labute approximate surface area is 174 Å². The predicted molar refractivity (Wildman–Crippen MR) is 122 cm³/mol. The number of aryl methyl sites for hydroxylation is 1. The predicted octanol–water partition coefficient (Wildman–Crippen LogP) is 3.20. The molecule has 0 saturated heterocycles. The van der Waals surface area contributed by atoms with Crippen LogP contribution in [0, 0.1) is 0 Å². The highest BCUT2D eigenvalue weighted by molar-refractivity contribution is 7.85. The summed E-state index contributed by atoms with van der Waals surface area (Å²) in [6.07, 6.45) is 0. The topological polar surface area (TPSA) is 57.5 Å². The number of para-hydroxylation sites is 1. The molecule has 0 aliphatic carbocycles. The Balaban J connectivity index is 2.05. The van der Waals surface area contributed by atoms with Crippen LogP contribution in [-0.2, 0) is 11.6 Å². The largest absolute Gasteiger partial charge is 0.497 e. The van der Waals surface area contributed by atoms with Gasteiger partial charge in [-0.2, -0.15) is 0 Å². The van der Waals surface area contributed by atoms with Crippen LogP contribution in [0.4, 0.5) is 0 Å². The van der Waals surface area contributed by atoms with Gasteiger partial charge in [0.2, 0.25) is 0 Å². The Morgan fingerprint density at radius 2 is 1.27 bits per heavy atom. The van der Waals surface area contributed by atoms with Crippen molar-refractivity contribution in [2.75, 3.05) is 14.2 Å². The number of hydrogen-bond acceptors (Lipinski definition) is 4. The Morgan fingerprint density at radius 3 is 1.77 bits per heavy atom. The summed E-state index contributed by atoms with van der Waals surface area (Å²) in [5.74, 6) is 1.32. The SMILES string of the molecule is COc1ccc(P(=O)(c2ccc(OC)cc2)c2cc3ccccc3n(C)c2=O)cc1. The van der Waals surface area contributed by atoms with Crippen molar-refractivity contribution in [3.05, 3.63) is 89.2 Å². The van der Waals surface area contributed by atoms with Gasteiger partial charge >= 0.3 is 0 Å². The summed E-state index contributed by atoms with van der Waals surface area (Å²) in [6.45, 7) is 0. The molecule has 0 radical (unpaired) electrons. The van der Waals surface area contributed by atoms with E-state index in [2.05, 4.69) is 0 Å². The van der Waals surface area contributed by atoms with Crippen molar-refractivity contribution in [1.82, 2.24) is 4.57 Å². The molecule has 0 unspecified atom stereocenters. The third-order valence-corrected chi connectivity index (χ3v) is 8.38. The number of benzene rings is 3. The van der Waals surface area contributed by atoms with Gasteiger partial charge in [-0.3, -0.25) is 4.79 Å². The van der Waals surface area contributed by atoms with Crippen molar-refractivity contribution in [2.45, 2.75) is 0 Å². The minimum absolute atomic E-state index is 0.274. The second-order valence-corrected chi connectivity index (χ2v) is 9.69.